The predicted octanol–water partition coefficient (Wildman–Crippen LogP) is 1.94. The number of nitro benzene ring substituents is 1. The summed E-state index contributed by atoms with van der Waals surface area (Å²) in [5, 5.41) is 20.1. The van der Waals surface area contributed by atoms with Gasteiger partial charge in [0.2, 0.25) is 0 Å². The molecule has 0 unspecified atom stereocenters. The van der Waals surface area contributed by atoms with Crippen LogP contribution in [0.3, 0.4) is 0 Å². The molecule has 0 aromatic heterocycles. The van der Waals surface area contributed by atoms with Crippen molar-refractivity contribution >= 4 is 17.6 Å². The second-order valence-corrected chi connectivity index (χ2v) is 3.58. The molecule has 0 saturated carbocycles. The number of halogens is 3. The van der Waals surface area contributed by atoms with E-state index >= 15 is 0 Å². The fourth-order valence-electron chi connectivity index (χ4n) is 1.19. The van der Waals surface area contributed by atoms with Gasteiger partial charge in [-0.2, -0.15) is 0 Å². The molecule has 0 atom stereocenters. The number of aliphatic carboxylic acids is 1. The first-order chi connectivity index (χ1) is 9.97. The van der Waals surface area contributed by atoms with E-state index < -0.39 is 40.2 Å². The molecule has 0 aliphatic carbocycles. The summed E-state index contributed by atoms with van der Waals surface area (Å²) in [4.78, 5) is 30.0. The maximum atomic E-state index is 12.0. The van der Waals surface area contributed by atoms with Crippen molar-refractivity contribution < 1.29 is 37.5 Å². The number of carboxylic acids is 1. The third kappa shape index (κ3) is 7.07. The van der Waals surface area contributed by atoms with E-state index in [0.717, 1.165) is 19.1 Å². The Morgan fingerprint density at radius 2 is 1.86 bits per heavy atom. The molecule has 0 saturated heterocycles. The topological polar surface area (TPSA) is 119 Å². The first-order valence-corrected chi connectivity index (χ1v) is 5.43. The minimum absolute atomic E-state index is 0.510. The highest BCUT2D eigenvalue weighted by molar-refractivity contribution is 5.98. The van der Waals surface area contributed by atoms with Crippen molar-refractivity contribution in [2.24, 2.45) is 0 Å². The van der Waals surface area contributed by atoms with Crippen LogP contribution in [0.4, 0.5) is 18.9 Å². The maximum Gasteiger partial charge on any atom is 0.573 e. The number of carbonyl (C=O) groups excluding carboxylic acids is 1. The lowest BCUT2D eigenvalue weighted by Gasteiger charge is -2.09. The number of ether oxygens (including phenoxy) is 1. The van der Waals surface area contributed by atoms with Crippen LogP contribution in [0.1, 0.15) is 17.3 Å². The number of amides is 1. The van der Waals surface area contributed by atoms with Crippen molar-refractivity contribution in [2.75, 3.05) is 7.05 Å². The fourth-order valence-corrected chi connectivity index (χ4v) is 1.19. The number of nitro groups is 1. The standard InChI is InChI=1S/C9H7F3N2O4.C2H4O2/c1-13-8(15)6-4-5(18-9(10,11)12)2-3-7(6)14(16)17;1-2(3)4/h2-4H,1H3,(H,13,15);1H3,(H,3,4). The highest BCUT2D eigenvalue weighted by Crippen LogP contribution is 2.28. The first-order valence-electron chi connectivity index (χ1n) is 5.43. The second-order valence-electron chi connectivity index (χ2n) is 3.58. The predicted molar refractivity (Wildman–Crippen MR) is 66.5 cm³/mol. The normalized spacial score (nSPS) is 10.0. The minimum atomic E-state index is -4.93. The quantitative estimate of drug-likeness (QED) is 0.648. The number of hydrogen-bond acceptors (Lipinski definition) is 5. The van der Waals surface area contributed by atoms with Crippen LogP contribution < -0.4 is 10.1 Å². The number of alkyl halides is 3. The van der Waals surface area contributed by atoms with E-state index in [2.05, 4.69) is 10.1 Å². The summed E-state index contributed by atoms with van der Waals surface area (Å²) in [6.07, 6.45) is -4.93. The smallest absolute Gasteiger partial charge is 0.481 e. The third-order valence-electron chi connectivity index (χ3n) is 1.87. The van der Waals surface area contributed by atoms with Gasteiger partial charge >= 0.3 is 6.36 Å². The molecule has 1 amide bonds. The van der Waals surface area contributed by atoms with Crippen molar-refractivity contribution in [3.8, 4) is 5.75 Å². The summed E-state index contributed by atoms with van der Waals surface area (Å²) < 4.78 is 39.4. The Balaban J connectivity index is 0.000000980. The zero-order valence-corrected chi connectivity index (χ0v) is 11.3. The molecule has 0 aliphatic heterocycles. The lowest BCUT2D eigenvalue weighted by atomic mass is 10.1. The molecule has 8 nitrogen and oxygen atoms in total. The summed E-state index contributed by atoms with van der Waals surface area (Å²) >= 11 is 0. The van der Waals surface area contributed by atoms with Crippen LogP contribution in [0, 0.1) is 10.1 Å². The van der Waals surface area contributed by atoms with Gasteiger partial charge in [-0.3, -0.25) is 19.7 Å². The van der Waals surface area contributed by atoms with Gasteiger partial charge in [0, 0.05) is 26.1 Å². The van der Waals surface area contributed by atoms with Crippen molar-refractivity contribution in [3.05, 3.63) is 33.9 Å². The number of nitrogens with one attached hydrogen (secondary N) is 1. The Morgan fingerprint density at radius 1 is 1.36 bits per heavy atom. The van der Waals surface area contributed by atoms with Gasteiger partial charge in [-0.05, 0) is 6.07 Å². The molecule has 0 radical (unpaired) electrons. The van der Waals surface area contributed by atoms with Crippen LogP contribution >= 0.6 is 0 Å². The van der Waals surface area contributed by atoms with Crippen molar-refractivity contribution in [2.45, 2.75) is 13.3 Å². The number of carbonyl (C=O) groups is 2. The zero-order chi connectivity index (χ0) is 17.5. The van der Waals surface area contributed by atoms with Crippen LogP contribution in [0.25, 0.3) is 0 Å². The summed E-state index contributed by atoms with van der Waals surface area (Å²) in [6.45, 7) is 1.08. The Hall–Kier alpha value is -2.85. The van der Waals surface area contributed by atoms with Crippen LogP contribution in [0.5, 0.6) is 5.75 Å². The van der Waals surface area contributed by atoms with Gasteiger partial charge in [-0.1, -0.05) is 0 Å². The van der Waals surface area contributed by atoms with Crippen LogP contribution in [0.2, 0.25) is 0 Å². The van der Waals surface area contributed by atoms with Gasteiger partial charge < -0.3 is 15.2 Å². The van der Waals surface area contributed by atoms with E-state index in [9.17, 15) is 28.1 Å². The van der Waals surface area contributed by atoms with E-state index in [4.69, 9.17) is 9.90 Å². The highest BCUT2D eigenvalue weighted by Gasteiger charge is 2.32. The first kappa shape index (κ1) is 19.1. The Labute approximate surface area is 121 Å². The molecule has 0 heterocycles. The monoisotopic (exact) mass is 324 g/mol. The minimum Gasteiger partial charge on any atom is -0.481 e. The molecule has 11 heteroatoms. The molecule has 122 valence electrons. The fraction of sp³-hybridized carbons (Fsp3) is 0.273. The molecule has 2 N–H and O–H groups in total. The Bertz CT molecular complexity index is 569. The van der Waals surface area contributed by atoms with Gasteiger partial charge in [-0.15, -0.1) is 13.2 Å². The number of nitrogens with zero attached hydrogens (tertiary/aromatic N) is 1. The third-order valence-corrected chi connectivity index (χ3v) is 1.87. The molecule has 0 fully saturated rings. The van der Waals surface area contributed by atoms with Crippen molar-refractivity contribution in [3.63, 3.8) is 0 Å². The molecule has 22 heavy (non-hydrogen) atoms. The molecule has 0 spiro atoms. The van der Waals surface area contributed by atoms with E-state index in [1.54, 1.807) is 0 Å². The lowest BCUT2D eigenvalue weighted by Crippen LogP contribution is -2.21. The average Bonchev–Trinajstić information content (AvgIpc) is 2.34. The van der Waals surface area contributed by atoms with Crippen LogP contribution in [0.15, 0.2) is 18.2 Å². The van der Waals surface area contributed by atoms with E-state index in [-0.39, 0.29) is 0 Å². The molecule has 0 bridgehead atoms. The number of benzene rings is 1. The largest absolute Gasteiger partial charge is 0.573 e. The Morgan fingerprint density at radius 3 is 2.23 bits per heavy atom. The number of rotatable bonds is 3. The summed E-state index contributed by atoms with van der Waals surface area (Å²) in [7, 11) is 1.20. The van der Waals surface area contributed by atoms with Crippen molar-refractivity contribution in [1.29, 1.82) is 0 Å². The average molecular weight is 324 g/mol. The zero-order valence-electron chi connectivity index (χ0n) is 11.3. The highest BCUT2D eigenvalue weighted by atomic mass is 19.4. The van der Waals surface area contributed by atoms with Crippen LogP contribution in [-0.2, 0) is 4.79 Å². The SMILES string of the molecule is CC(=O)O.CNC(=O)c1cc(OC(F)(F)F)ccc1[N+](=O)[O-]. The van der Waals surface area contributed by atoms with Gasteiger partial charge in [0.1, 0.15) is 11.3 Å². The lowest BCUT2D eigenvalue weighted by molar-refractivity contribution is -0.385. The summed E-state index contributed by atoms with van der Waals surface area (Å²) in [6, 6.07) is 2.19. The number of hydrogen-bond donors (Lipinski definition) is 2. The Kier molecular flexibility index (Phi) is 6.80. The van der Waals surface area contributed by atoms with Gasteiger partial charge in [0.05, 0.1) is 4.92 Å². The molecule has 1 rings (SSSR count). The molecule has 1 aromatic rings. The summed E-state index contributed by atoms with van der Waals surface area (Å²) in [5.74, 6) is -2.42. The number of carboxylic acid groups (broad SMARTS) is 1. The van der Waals surface area contributed by atoms with E-state index in [1.165, 1.54) is 7.05 Å². The second kappa shape index (κ2) is 7.81. The van der Waals surface area contributed by atoms with Gasteiger partial charge in [-0.25, -0.2) is 0 Å². The summed E-state index contributed by atoms with van der Waals surface area (Å²) in [5.41, 5.74) is -1.12. The van der Waals surface area contributed by atoms with Gasteiger partial charge in [0.15, 0.2) is 0 Å². The maximum absolute atomic E-state index is 12.0. The van der Waals surface area contributed by atoms with Crippen LogP contribution in [-0.4, -0.2) is 35.3 Å². The van der Waals surface area contributed by atoms with E-state index in [0.29, 0.717) is 6.07 Å². The van der Waals surface area contributed by atoms with E-state index in [1.807, 2.05) is 0 Å². The molecular formula is C11H11F3N2O6. The molecule has 0 aliphatic rings. The molecular weight excluding hydrogens is 313 g/mol. The van der Waals surface area contributed by atoms with Gasteiger partial charge in [0.25, 0.3) is 17.6 Å². The molecule has 1 aromatic carbocycles. The van der Waals surface area contributed by atoms with Crippen molar-refractivity contribution in [1.82, 2.24) is 5.32 Å².